The van der Waals surface area contributed by atoms with Crippen LogP contribution >= 0.6 is 11.8 Å². The first-order chi connectivity index (χ1) is 7.66. The van der Waals surface area contributed by atoms with Crippen LogP contribution in [0.25, 0.3) is 0 Å². The lowest BCUT2D eigenvalue weighted by Gasteiger charge is -2.03. The van der Waals surface area contributed by atoms with E-state index in [1.165, 1.54) is 11.8 Å². The highest BCUT2D eigenvalue weighted by Gasteiger charge is 2.05. The van der Waals surface area contributed by atoms with E-state index in [1.54, 1.807) is 6.92 Å². The molecule has 0 spiro atoms. The number of nitrogens with one attached hydrogen (secondary N) is 2. The van der Waals surface area contributed by atoms with Crippen molar-refractivity contribution < 1.29 is 0 Å². The van der Waals surface area contributed by atoms with E-state index in [4.69, 9.17) is 0 Å². The smallest absolute Gasteiger partial charge is 0.301 e. The highest BCUT2D eigenvalue weighted by molar-refractivity contribution is 7.99. The van der Waals surface area contributed by atoms with Gasteiger partial charge < -0.3 is 4.98 Å². The molecule has 2 N–H and O–H groups in total. The molecule has 1 heterocycles. The predicted molar refractivity (Wildman–Crippen MR) is 63.0 cm³/mol. The number of hydrogen-bond donors (Lipinski definition) is 2. The fourth-order valence-electron chi connectivity index (χ4n) is 1.24. The van der Waals surface area contributed by atoms with Gasteiger partial charge in [-0.3, -0.25) is 9.78 Å². The van der Waals surface area contributed by atoms with Crippen LogP contribution in [0.4, 0.5) is 0 Å². The monoisotopic (exact) mass is 234 g/mol. The maximum absolute atomic E-state index is 11.4. The van der Waals surface area contributed by atoms with Crippen molar-refractivity contribution in [3.8, 4) is 0 Å². The third kappa shape index (κ3) is 2.25. The molecule has 0 aliphatic rings. The third-order valence-corrected chi connectivity index (χ3v) is 3.22. The summed E-state index contributed by atoms with van der Waals surface area (Å²) in [5.74, 6) is 0. The van der Waals surface area contributed by atoms with Crippen LogP contribution in [-0.4, -0.2) is 9.97 Å². The zero-order valence-corrected chi connectivity index (χ0v) is 9.43. The molecular formula is C11H10N2O2S. The van der Waals surface area contributed by atoms with Crippen LogP contribution in [0, 0.1) is 6.92 Å². The Morgan fingerprint density at radius 1 is 1.06 bits per heavy atom. The second-order valence-electron chi connectivity index (χ2n) is 3.28. The fourth-order valence-corrected chi connectivity index (χ4v) is 2.15. The van der Waals surface area contributed by atoms with Gasteiger partial charge in [0.2, 0.25) is 0 Å². The zero-order chi connectivity index (χ0) is 11.5. The van der Waals surface area contributed by atoms with E-state index < -0.39 is 5.69 Å². The summed E-state index contributed by atoms with van der Waals surface area (Å²) in [6, 6.07) is 9.57. The number of rotatable bonds is 2. The number of hydrogen-bond acceptors (Lipinski definition) is 3. The zero-order valence-electron chi connectivity index (χ0n) is 8.61. The van der Waals surface area contributed by atoms with Crippen LogP contribution in [0.3, 0.4) is 0 Å². The van der Waals surface area contributed by atoms with Crippen molar-refractivity contribution >= 4 is 11.8 Å². The lowest BCUT2D eigenvalue weighted by molar-refractivity contribution is 0.915. The molecule has 0 unspecified atom stereocenters. The lowest BCUT2D eigenvalue weighted by atomic mass is 10.4. The Labute approximate surface area is 95.7 Å². The van der Waals surface area contributed by atoms with Gasteiger partial charge in [-0.2, -0.15) is 0 Å². The highest BCUT2D eigenvalue weighted by Crippen LogP contribution is 2.25. The Morgan fingerprint density at radius 2 is 1.75 bits per heavy atom. The van der Waals surface area contributed by atoms with Crippen molar-refractivity contribution in [3.63, 3.8) is 0 Å². The highest BCUT2D eigenvalue weighted by atomic mass is 32.2. The molecule has 0 aliphatic carbocycles. The Kier molecular flexibility index (Phi) is 2.96. The minimum Gasteiger partial charge on any atom is -0.301 e. The maximum Gasteiger partial charge on any atom is 0.326 e. The summed E-state index contributed by atoms with van der Waals surface area (Å²) >= 11 is 1.37. The van der Waals surface area contributed by atoms with Crippen molar-refractivity contribution in [1.29, 1.82) is 0 Å². The van der Waals surface area contributed by atoms with Gasteiger partial charge in [0, 0.05) is 10.5 Å². The summed E-state index contributed by atoms with van der Waals surface area (Å²) in [6.45, 7) is 1.68. The van der Waals surface area contributed by atoms with Crippen molar-refractivity contribution in [2.45, 2.75) is 16.8 Å². The van der Waals surface area contributed by atoms with Gasteiger partial charge in [-0.15, -0.1) is 0 Å². The molecule has 0 fully saturated rings. The Hall–Kier alpha value is -1.75. The number of aromatic nitrogens is 2. The molecule has 0 bridgehead atoms. The fraction of sp³-hybridized carbons (Fsp3) is 0.0909. The second-order valence-corrected chi connectivity index (χ2v) is 4.36. The Bertz CT molecular complexity index is 601. The van der Waals surface area contributed by atoms with Gasteiger partial charge in [-0.25, -0.2) is 4.79 Å². The molecule has 4 nitrogen and oxygen atoms in total. The van der Waals surface area contributed by atoms with Crippen LogP contribution in [0.2, 0.25) is 0 Å². The van der Waals surface area contributed by atoms with Gasteiger partial charge in [0.05, 0.1) is 5.03 Å². The molecular weight excluding hydrogens is 224 g/mol. The van der Waals surface area contributed by atoms with Crippen LogP contribution in [0.15, 0.2) is 49.8 Å². The second kappa shape index (κ2) is 4.40. The van der Waals surface area contributed by atoms with Crippen LogP contribution in [-0.2, 0) is 0 Å². The summed E-state index contributed by atoms with van der Waals surface area (Å²) in [5, 5.41) is 0.583. The maximum atomic E-state index is 11.4. The Balaban J connectivity index is 2.43. The van der Waals surface area contributed by atoms with Gasteiger partial charge in [0.25, 0.3) is 5.56 Å². The molecule has 2 aromatic rings. The van der Waals surface area contributed by atoms with Gasteiger partial charge in [0.15, 0.2) is 0 Å². The summed E-state index contributed by atoms with van der Waals surface area (Å²) in [4.78, 5) is 28.3. The largest absolute Gasteiger partial charge is 0.326 e. The molecule has 82 valence electrons. The summed E-state index contributed by atoms with van der Waals surface area (Å²) in [7, 11) is 0. The number of benzene rings is 1. The molecule has 0 aliphatic heterocycles. The molecule has 2 rings (SSSR count). The van der Waals surface area contributed by atoms with Crippen LogP contribution < -0.4 is 11.2 Å². The van der Waals surface area contributed by atoms with Crippen molar-refractivity contribution in [2.75, 3.05) is 0 Å². The summed E-state index contributed by atoms with van der Waals surface area (Å²) in [6.07, 6.45) is 0. The Morgan fingerprint density at radius 3 is 2.44 bits per heavy atom. The van der Waals surface area contributed by atoms with E-state index in [2.05, 4.69) is 9.97 Å². The first-order valence-corrected chi connectivity index (χ1v) is 5.54. The van der Waals surface area contributed by atoms with Crippen LogP contribution in [0.5, 0.6) is 0 Å². The first-order valence-electron chi connectivity index (χ1n) is 4.73. The first kappa shape index (κ1) is 10.8. The minimum absolute atomic E-state index is 0.345. The van der Waals surface area contributed by atoms with Crippen LogP contribution in [0.1, 0.15) is 5.56 Å². The molecule has 0 radical (unpaired) electrons. The molecule has 0 amide bonds. The molecule has 1 aromatic heterocycles. The van der Waals surface area contributed by atoms with Crippen molar-refractivity contribution in [2.24, 2.45) is 0 Å². The third-order valence-electron chi connectivity index (χ3n) is 2.10. The lowest BCUT2D eigenvalue weighted by Crippen LogP contribution is -2.24. The van der Waals surface area contributed by atoms with Gasteiger partial charge in [-0.1, -0.05) is 30.0 Å². The van der Waals surface area contributed by atoms with E-state index in [9.17, 15) is 9.59 Å². The van der Waals surface area contributed by atoms with E-state index in [0.717, 1.165) is 4.90 Å². The predicted octanol–water partition coefficient (Wildman–Crippen LogP) is 1.52. The van der Waals surface area contributed by atoms with E-state index >= 15 is 0 Å². The van der Waals surface area contributed by atoms with Gasteiger partial charge in [-0.05, 0) is 19.1 Å². The molecule has 0 saturated carbocycles. The van der Waals surface area contributed by atoms with E-state index in [0.29, 0.717) is 10.6 Å². The summed E-state index contributed by atoms with van der Waals surface area (Å²) < 4.78 is 0. The molecule has 0 saturated heterocycles. The molecule has 5 heteroatoms. The van der Waals surface area contributed by atoms with Crippen molar-refractivity contribution in [3.05, 3.63) is 56.7 Å². The average Bonchev–Trinajstić information content (AvgIpc) is 2.27. The average molecular weight is 234 g/mol. The van der Waals surface area contributed by atoms with E-state index in [-0.39, 0.29) is 5.56 Å². The SMILES string of the molecule is Cc1c(Sc2ccccc2)[nH]c(=O)[nH]c1=O. The molecule has 16 heavy (non-hydrogen) atoms. The van der Waals surface area contributed by atoms with E-state index in [1.807, 2.05) is 30.3 Å². The molecule has 1 aromatic carbocycles. The quantitative estimate of drug-likeness (QED) is 0.774. The van der Waals surface area contributed by atoms with Crippen molar-refractivity contribution in [1.82, 2.24) is 9.97 Å². The minimum atomic E-state index is -0.478. The number of H-pyrrole nitrogens is 2. The number of aromatic amines is 2. The normalized spacial score (nSPS) is 10.3. The van der Waals surface area contributed by atoms with Gasteiger partial charge in [0.1, 0.15) is 0 Å². The summed E-state index contributed by atoms with van der Waals surface area (Å²) in [5.41, 5.74) is -0.301. The molecule has 0 atom stereocenters. The standard InChI is InChI=1S/C11H10N2O2S/c1-7-9(14)12-11(15)13-10(7)16-8-5-3-2-4-6-8/h2-6H,1H3,(H2,12,13,14,15). The topological polar surface area (TPSA) is 65.7 Å². The van der Waals surface area contributed by atoms with Gasteiger partial charge >= 0.3 is 5.69 Å².